The van der Waals surface area contributed by atoms with Gasteiger partial charge in [-0.1, -0.05) is 23.3 Å². The Hall–Kier alpha value is -0.840. The Bertz CT molecular complexity index is 509. The summed E-state index contributed by atoms with van der Waals surface area (Å²) in [6.07, 6.45) is 12.1. The van der Waals surface area contributed by atoms with Crippen molar-refractivity contribution in [1.29, 1.82) is 0 Å². The van der Waals surface area contributed by atoms with Crippen molar-refractivity contribution < 1.29 is 14.3 Å². The van der Waals surface area contributed by atoms with Crippen molar-refractivity contribution in [3.8, 4) is 0 Å². The first-order valence-corrected chi connectivity index (χ1v) is 9.97. The van der Waals surface area contributed by atoms with Crippen LogP contribution in [0.15, 0.2) is 34.3 Å². The molecule has 1 aliphatic carbocycles. The molecule has 3 nitrogen and oxygen atoms in total. The van der Waals surface area contributed by atoms with Gasteiger partial charge in [0.2, 0.25) is 0 Å². The largest absolute Gasteiger partial charge is 0.353 e. The predicted molar refractivity (Wildman–Crippen MR) is 101 cm³/mol. The molecule has 4 heteroatoms. The number of hydrogen-bond donors (Lipinski definition) is 0. The third-order valence-corrected chi connectivity index (χ3v) is 5.23. The van der Waals surface area contributed by atoms with Crippen LogP contribution in [0.25, 0.3) is 0 Å². The van der Waals surface area contributed by atoms with E-state index in [1.165, 1.54) is 11.1 Å². The fraction of sp³-hybridized carbons (Fsp3) is 0.650. The van der Waals surface area contributed by atoms with Gasteiger partial charge in [0.1, 0.15) is 0 Å². The second-order valence-corrected chi connectivity index (χ2v) is 7.87. The Kier molecular flexibility index (Phi) is 8.30. The van der Waals surface area contributed by atoms with Gasteiger partial charge in [0.05, 0.1) is 6.10 Å². The molecule has 1 aliphatic heterocycles. The molecule has 0 radical (unpaired) electrons. The van der Waals surface area contributed by atoms with Crippen LogP contribution in [-0.4, -0.2) is 30.5 Å². The molecule has 1 heterocycles. The van der Waals surface area contributed by atoms with E-state index in [1.807, 2.05) is 6.08 Å². The summed E-state index contributed by atoms with van der Waals surface area (Å²) in [6, 6.07) is 0. The van der Waals surface area contributed by atoms with Crippen LogP contribution in [0.1, 0.15) is 59.3 Å². The van der Waals surface area contributed by atoms with Gasteiger partial charge < -0.3 is 9.47 Å². The first-order chi connectivity index (χ1) is 11.5. The first kappa shape index (κ1) is 19.5. The number of carbonyl (C=O) groups is 1. The average Bonchev–Trinajstić information content (AvgIpc) is 2.87. The van der Waals surface area contributed by atoms with Crippen molar-refractivity contribution in [2.24, 2.45) is 0 Å². The van der Waals surface area contributed by atoms with Crippen LogP contribution in [-0.2, 0) is 14.3 Å². The number of thioether (sulfide) groups is 1. The summed E-state index contributed by atoms with van der Waals surface area (Å²) in [4.78, 5) is 13.0. The van der Waals surface area contributed by atoms with Gasteiger partial charge in [-0.2, -0.15) is 0 Å². The molecule has 24 heavy (non-hydrogen) atoms. The van der Waals surface area contributed by atoms with E-state index >= 15 is 0 Å². The smallest absolute Gasteiger partial charge is 0.171 e. The van der Waals surface area contributed by atoms with E-state index in [1.54, 1.807) is 11.8 Å². The highest BCUT2D eigenvalue weighted by molar-refractivity contribution is 8.04. The lowest BCUT2D eigenvalue weighted by Crippen LogP contribution is -2.26. The van der Waals surface area contributed by atoms with Crippen LogP contribution < -0.4 is 0 Å². The van der Waals surface area contributed by atoms with E-state index in [9.17, 15) is 4.79 Å². The van der Waals surface area contributed by atoms with Crippen LogP contribution in [0.3, 0.4) is 0 Å². The minimum Gasteiger partial charge on any atom is -0.353 e. The summed E-state index contributed by atoms with van der Waals surface area (Å²) in [7, 11) is 0. The Balaban J connectivity index is 1.73. The van der Waals surface area contributed by atoms with E-state index in [0.717, 1.165) is 49.4 Å². The SMILES string of the molecule is CC(C)=CCC/C(C)=C/CSC1=CC(OC2CCCCO2)CC1=O. The molecule has 1 fully saturated rings. The van der Waals surface area contributed by atoms with Gasteiger partial charge in [0, 0.05) is 23.7 Å². The van der Waals surface area contributed by atoms with Crippen molar-refractivity contribution in [1.82, 2.24) is 0 Å². The zero-order valence-electron chi connectivity index (χ0n) is 15.2. The van der Waals surface area contributed by atoms with Gasteiger partial charge in [-0.3, -0.25) is 4.79 Å². The number of rotatable bonds is 8. The van der Waals surface area contributed by atoms with Crippen molar-refractivity contribution in [3.63, 3.8) is 0 Å². The highest BCUT2D eigenvalue weighted by Gasteiger charge is 2.28. The van der Waals surface area contributed by atoms with Crippen LogP contribution in [0.5, 0.6) is 0 Å². The lowest BCUT2D eigenvalue weighted by Gasteiger charge is -2.24. The van der Waals surface area contributed by atoms with E-state index in [4.69, 9.17) is 9.47 Å². The quantitative estimate of drug-likeness (QED) is 0.565. The summed E-state index contributed by atoms with van der Waals surface area (Å²) in [5, 5.41) is 0. The lowest BCUT2D eigenvalue weighted by molar-refractivity contribution is -0.178. The molecule has 2 aliphatic rings. The van der Waals surface area contributed by atoms with Crippen molar-refractivity contribution in [2.45, 2.75) is 71.7 Å². The Morgan fingerprint density at radius 3 is 2.88 bits per heavy atom. The second-order valence-electron chi connectivity index (χ2n) is 6.81. The van der Waals surface area contributed by atoms with Crippen LogP contribution in [0, 0.1) is 0 Å². The minimum absolute atomic E-state index is 0.106. The Labute approximate surface area is 150 Å². The van der Waals surface area contributed by atoms with Crippen molar-refractivity contribution in [3.05, 3.63) is 34.3 Å². The molecular formula is C20H30O3S. The summed E-state index contributed by atoms with van der Waals surface area (Å²) >= 11 is 1.62. The molecule has 2 atom stereocenters. The normalized spacial score (nSPS) is 24.9. The van der Waals surface area contributed by atoms with E-state index < -0.39 is 0 Å². The fourth-order valence-electron chi connectivity index (χ4n) is 2.80. The second kappa shape index (κ2) is 10.2. The van der Waals surface area contributed by atoms with Gasteiger partial charge in [0.25, 0.3) is 0 Å². The van der Waals surface area contributed by atoms with Crippen LogP contribution in [0.2, 0.25) is 0 Å². The van der Waals surface area contributed by atoms with Gasteiger partial charge in [-0.15, -0.1) is 11.8 Å². The number of Topliss-reactive ketones (excluding diaryl/α,β-unsaturated/α-hetero) is 1. The molecule has 0 aromatic rings. The zero-order chi connectivity index (χ0) is 17.4. The first-order valence-electron chi connectivity index (χ1n) is 8.98. The molecule has 134 valence electrons. The van der Waals surface area contributed by atoms with Gasteiger partial charge in [-0.05, 0) is 59.0 Å². The molecule has 0 aromatic carbocycles. The van der Waals surface area contributed by atoms with Crippen molar-refractivity contribution >= 4 is 17.5 Å². The van der Waals surface area contributed by atoms with E-state index in [0.29, 0.717) is 6.42 Å². The molecule has 0 amide bonds. The molecule has 0 N–H and O–H groups in total. The highest BCUT2D eigenvalue weighted by atomic mass is 32.2. The number of ketones is 1. The molecular weight excluding hydrogens is 320 g/mol. The minimum atomic E-state index is -0.130. The van der Waals surface area contributed by atoms with E-state index in [2.05, 4.69) is 32.9 Å². The summed E-state index contributed by atoms with van der Waals surface area (Å²) in [5.74, 6) is 1.06. The number of allylic oxidation sites excluding steroid dienone is 4. The molecule has 0 aromatic heterocycles. The standard InChI is InChI=1S/C20H30O3S/c1-15(2)7-6-8-16(3)10-12-24-19-14-17(13-18(19)21)23-20-9-4-5-11-22-20/h7,10,14,17,20H,4-6,8-9,11-13H2,1-3H3/b16-10+. The monoisotopic (exact) mass is 350 g/mol. The zero-order valence-corrected chi connectivity index (χ0v) is 16.0. The Morgan fingerprint density at radius 2 is 2.17 bits per heavy atom. The van der Waals surface area contributed by atoms with Crippen LogP contribution in [0.4, 0.5) is 0 Å². The molecule has 0 saturated carbocycles. The maximum atomic E-state index is 12.1. The lowest BCUT2D eigenvalue weighted by atomic mass is 10.1. The molecule has 2 rings (SSSR count). The maximum Gasteiger partial charge on any atom is 0.171 e. The maximum absolute atomic E-state index is 12.1. The average molecular weight is 351 g/mol. The third kappa shape index (κ3) is 6.96. The summed E-state index contributed by atoms with van der Waals surface area (Å²) in [5.41, 5.74) is 2.75. The van der Waals surface area contributed by atoms with Gasteiger partial charge >= 0.3 is 0 Å². The Morgan fingerprint density at radius 1 is 1.33 bits per heavy atom. The fourth-order valence-corrected chi connectivity index (χ4v) is 3.84. The number of hydrogen-bond acceptors (Lipinski definition) is 4. The van der Waals surface area contributed by atoms with Gasteiger partial charge in [0.15, 0.2) is 12.1 Å². The third-order valence-electron chi connectivity index (χ3n) is 4.23. The number of ether oxygens (including phenoxy) is 2. The summed E-state index contributed by atoms with van der Waals surface area (Å²) < 4.78 is 11.5. The molecule has 0 bridgehead atoms. The molecule has 2 unspecified atom stereocenters. The molecule has 0 spiro atoms. The van der Waals surface area contributed by atoms with Crippen molar-refractivity contribution in [2.75, 3.05) is 12.4 Å². The topological polar surface area (TPSA) is 35.5 Å². The van der Waals surface area contributed by atoms with Crippen LogP contribution >= 0.6 is 11.8 Å². The molecule has 1 saturated heterocycles. The summed E-state index contributed by atoms with van der Waals surface area (Å²) in [6.45, 7) is 7.19. The van der Waals surface area contributed by atoms with Gasteiger partial charge in [-0.25, -0.2) is 0 Å². The van der Waals surface area contributed by atoms with E-state index in [-0.39, 0.29) is 18.2 Å². The highest BCUT2D eigenvalue weighted by Crippen LogP contribution is 2.29. The predicted octanol–water partition coefficient (Wildman–Crippen LogP) is 5.18. The number of carbonyl (C=O) groups excluding carboxylic acids is 1.